The van der Waals surface area contributed by atoms with E-state index in [4.69, 9.17) is 9.47 Å². The predicted octanol–water partition coefficient (Wildman–Crippen LogP) is 4.48. The molecule has 2 N–H and O–H groups in total. The molecule has 2 aromatic carbocycles. The van der Waals surface area contributed by atoms with E-state index in [0.717, 1.165) is 61.2 Å². The minimum absolute atomic E-state index is 0.683. The van der Waals surface area contributed by atoms with Crippen LogP contribution in [-0.4, -0.2) is 24.4 Å². The Labute approximate surface area is 168 Å². The number of fused-ring (bicyclic) bond motifs is 4. The summed E-state index contributed by atoms with van der Waals surface area (Å²) in [6, 6.07) is 11.4. The number of ether oxygens (including phenoxy) is 2. The molecule has 1 aliphatic rings. The number of aliphatic hydroxyl groups is 2. The van der Waals surface area contributed by atoms with Gasteiger partial charge in [0.05, 0.1) is 14.2 Å². The first-order chi connectivity index (χ1) is 13.3. The van der Waals surface area contributed by atoms with Crippen LogP contribution in [0.5, 0.6) is 11.5 Å². The zero-order chi connectivity index (χ0) is 20.4. The number of aryl methyl sites for hydroxylation is 2. The largest absolute Gasteiger partial charge is 0.496 e. The quantitative estimate of drug-likeness (QED) is 0.802. The highest BCUT2D eigenvalue weighted by Crippen LogP contribution is 2.42. The topological polar surface area (TPSA) is 58.9 Å². The van der Waals surface area contributed by atoms with Crippen LogP contribution >= 0.6 is 0 Å². The molecule has 2 unspecified atom stereocenters. The van der Waals surface area contributed by atoms with E-state index in [1.54, 1.807) is 28.1 Å². The number of hydrogen-bond donors (Lipinski definition) is 2. The molecule has 0 radical (unpaired) electrons. The molecule has 0 saturated carbocycles. The summed E-state index contributed by atoms with van der Waals surface area (Å²) in [6.45, 7) is 3.35. The molecule has 2 aromatic rings. The molecule has 1 aliphatic carbocycles. The Morgan fingerprint density at radius 3 is 1.43 bits per heavy atom. The van der Waals surface area contributed by atoms with Gasteiger partial charge < -0.3 is 19.7 Å². The molecule has 0 fully saturated rings. The summed E-state index contributed by atoms with van der Waals surface area (Å²) in [7, 11) is 3.34. The van der Waals surface area contributed by atoms with Gasteiger partial charge in [-0.2, -0.15) is 0 Å². The first kappa shape index (κ1) is 20.7. The standard InChI is InChI=1S/C24H32O4/c1-23(25)19-11-13-21(27-3)17(15-19)9-7-5-6-8-10-18-16-20(24(23,2)26)12-14-22(18)28-4/h11-16,25-26H,5-10H2,1-4H3. The van der Waals surface area contributed by atoms with Gasteiger partial charge in [0, 0.05) is 0 Å². The summed E-state index contributed by atoms with van der Waals surface area (Å²) in [6.07, 6.45) is 6.20. The van der Waals surface area contributed by atoms with Gasteiger partial charge in [-0.25, -0.2) is 0 Å². The van der Waals surface area contributed by atoms with Crippen LogP contribution < -0.4 is 9.47 Å². The second-order valence-electron chi connectivity index (χ2n) is 8.11. The average Bonchev–Trinajstić information content (AvgIpc) is 2.69. The lowest BCUT2D eigenvalue weighted by molar-refractivity contribution is -0.143. The highest BCUT2D eigenvalue weighted by molar-refractivity contribution is 5.44. The minimum atomic E-state index is -1.47. The molecule has 4 bridgehead atoms. The first-order valence-electron chi connectivity index (χ1n) is 10.1. The Bertz CT molecular complexity index is 754. The van der Waals surface area contributed by atoms with E-state index in [0.29, 0.717) is 11.1 Å². The second-order valence-corrected chi connectivity index (χ2v) is 8.11. The molecule has 152 valence electrons. The van der Waals surface area contributed by atoms with Gasteiger partial charge in [0.2, 0.25) is 0 Å². The van der Waals surface area contributed by atoms with Crippen LogP contribution in [0.25, 0.3) is 0 Å². The predicted molar refractivity (Wildman–Crippen MR) is 111 cm³/mol. The Balaban J connectivity index is 2.13. The summed E-state index contributed by atoms with van der Waals surface area (Å²) in [5, 5.41) is 22.9. The number of methoxy groups -OCH3 is 2. The molecule has 4 heteroatoms. The van der Waals surface area contributed by atoms with Crippen molar-refractivity contribution in [1.29, 1.82) is 0 Å². The smallest absolute Gasteiger partial charge is 0.122 e. The second kappa shape index (κ2) is 8.14. The molecule has 3 rings (SSSR count). The Kier molecular flexibility index (Phi) is 6.01. The summed E-state index contributed by atoms with van der Waals surface area (Å²) < 4.78 is 11.0. The zero-order valence-corrected chi connectivity index (χ0v) is 17.4. The summed E-state index contributed by atoms with van der Waals surface area (Å²) in [5.74, 6) is 1.66. The molecular weight excluding hydrogens is 352 g/mol. The molecule has 0 aromatic heterocycles. The van der Waals surface area contributed by atoms with Gasteiger partial charge in [-0.15, -0.1) is 0 Å². The van der Waals surface area contributed by atoms with Gasteiger partial charge in [0.15, 0.2) is 0 Å². The third-order valence-electron chi connectivity index (χ3n) is 6.28. The zero-order valence-electron chi connectivity index (χ0n) is 17.4. The van der Waals surface area contributed by atoms with Crippen LogP contribution in [0.15, 0.2) is 36.4 Å². The van der Waals surface area contributed by atoms with Crippen molar-refractivity contribution in [2.45, 2.75) is 63.6 Å². The molecule has 0 spiro atoms. The maximum atomic E-state index is 11.5. The van der Waals surface area contributed by atoms with Crippen molar-refractivity contribution in [3.63, 3.8) is 0 Å². The number of rotatable bonds is 2. The monoisotopic (exact) mass is 384 g/mol. The first-order valence-corrected chi connectivity index (χ1v) is 10.1. The van der Waals surface area contributed by atoms with Crippen LogP contribution in [-0.2, 0) is 24.0 Å². The van der Waals surface area contributed by atoms with Gasteiger partial charge >= 0.3 is 0 Å². The molecule has 0 heterocycles. The van der Waals surface area contributed by atoms with E-state index >= 15 is 0 Å². The van der Waals surface area contributed by atoms with E-state index in [-0.39, 0.29) is 0 Å². The molecule has 28 heavy (non-hydrogen) atoms. The maximum absolute atomic E-state index is 11.5. The molecule has 4 nitrogen and oxygen atoms in total. The number of benzene rings is 2. The van der Waals surface area contributed by atoms with Crippen molar-refractivity contribution in [2.75, 3.05) is 14.2 Å². The van der Waals surface area contributed by atoms with Crippen molar-refractivity contribution in [3.05, 3.63) is 58.7 Å². The molecule has 2 atom stereocenters. The summed E-state index contributed by atoms with van der Waals surface area (Å²) in [4.78, 5) is 0. The summed E-state index contributed by atoms with van der Waals surface area (Å²) in [5.41, 5.74) is 0.575. The van der Waals surface area contributed by atoms with E-state index in [9.17, 15) is 10.2 Å². The van der Waals surface area contributed by atoms with Gasteiger partial charge in [0.1, 0.15) is 22.7 Å². The third kappa shape index (κ3) is 3.76. The summed E-state index contributed by atoms with van der Waals surface area (Å²) >= 11 is 0. The highest BCUT2D eigenvalue weighted by Gasteiger charge is 2.45. The fraction of sp³-hybridized carbons (Fsp3) is 0.500. The van der Waals surface area contributed by atoms with Gasteiger partial charge in [-0.1, -0.05) is 25.0 Å². The average molecular weight is 385 g/mol. The SMILES string of the molecule is COc1ccc2cc1CCCCCCc1cc(ccc1OC)C(C)(O)C2(C)O. The van der Waals surface area contributed by atoms with Gasteiger partial charge in [-0.05, 0) is 86.1 Å². The van der Waals surface area contributed by atoms with E-state index in [2.05, 4.69) is 0 Å². The van der Waals surface area contributed by atoms with Crippen molar-refractivity contribution >= 4 is 0 Å². The highest BCUT2D eigenvalue weighted by atomic mass is 16.5. The van der Waals surface area contributed by atoms with Gasteiger partial charge in [0.25, 0.3) is 0 Å². The van der Waals surface area contributed by atoms with Crippen LogP contribution in [0.1, 0.15) is 61.8 Å². The minimum Gasteiger partial charge on any atom is -0.496 e. The third-order valence-corrected chi connectivity index (χ3v) is 6.28. The number of hydrogen-bond acceptors (Lipinski definition) is 4. The molecule has 0 amide bonds. The van der Waals surface area contributed by atoms with Crippen LogP contribution in [0, 0.1) is 0 Å². The fourth-order valence-corrected chi connectivity index (χ4v) is 4.10. The Morgan fingerprint density at radius 1 is 0.679 bits per heavy atom. The van der Waals surface area contributed by atoms with Gasteiger partial charge in [-0.3, -0.25) is 0 Å². The lowest BCUT2D eigenvalue weighted by Crippen LogP contribution is -2.45. The normalized spacial score (nSPS) is 25.6. The molecule has 0 saturated heterocycles. The van der Waals surface area contributed by atoms with Crippen molar-refractivity contribution in [2.24, 2.45) is 0 Å². The Morgan fingerprint density at radius 2 is 1.07 bits per heavy atom. The van der Waals surface area contributed by atoms with Crippen LogP contribution in [0.3, 0.4) is 0 Å². The lowest BCUT2D eigenvalue weighted by Gasteiger charge is -2.40. The molecular formula is C24H32O4. The lowest BCUT2D eigenvalue weighted by atomic mass is 9.74. The van der Waals surface area contributed by atoms with Crippen molar-refractivity contribution in [1.82, 2.24) is 0 Å². The van der Waals surface area contributed by atoms with E-state index in [1.807, 2.05) is 36.4 Å². The van der Waals surface area contributed by atoms with E-state index < -0.39 is 11.2 Å². The molecule has 0 aliphatic heterocycles. The van der Waals surface area contributed by atoms with E-state index in [1.165, 1.54) is 0 Å². The van der Waals surface area contributed by atoms with Crippen LogP contribution in [0.4, 0.5) is 0 Å². The van der Waals surface area contributed by atoms with Crippen molar-refractivity contribution < 1.29 is 19.7 Å². The fourth-order valence-electron chi connectivity index (χ4n) is 4.10. The van der Waals surface area contributed by atoms with Crippen LogP contribution in [0.2, 0.25) is 0 Å². The maximum Gasteiger partial charge on any atom is 0.122 e. The van der Waals surface area contributed by atoms with Crippen molar-refractivity contribution in [3.8, 4) is 11.5 Å². The Hall–Kier alpha value is -2.04.